The Bertz CT molecular complexity index is 478. The normalized spacial score (nSPS) is 44.3. The molecule has 26 heavy (non-hydrogen) atoms. The number of likely N-dealkylation sites (tertiary alicyclic amines) is 1. The fourth-order valence-electron chi connectivity index (χ4n) is 3.40. The van der Waals surface area contributed by atoms with Crippen molar-refractivity contribution in [3.63, 3.8) is 0 Å². The third-order valence-corrected chi connectivity index (χ3v) is 4.79. The van der Waals surface area contributed by atoms with Gasteiger partial charge in [0.05, 0.1) is 44.6 Å². The Hall–Kier alpha value is -0.930. The number of hydrogen-bond donors (Lipinski definition) is 8. The van der Waals surface area contributed by atoms with Gasteiger partial charge in [-0.15, -0.1) is 0 Å². The zero-order chi connectivity index (χ0) is 19.6. The van der Waals surface area contributed by atoms with Crippen molar-refractivity contribution in [2.45, 2.75) is 55.0 Å². The van der Waals surface area contributed by atoms with E-state index in [1.165, 1.54) is 0 Å². The largest absolute Gasteiger partial charge is 0.480 e. The van der Waals surface area contributed by atoms with E-state index < -0.39 is 87.3 Å². The number of carbonyl (C=O) groups is 1. The quantitative estimate of drug-likeness (QED) is 0.208. The summed E-state index contributed by atoms with van der Waals surface area (Å²) in [5.41, 5.74) is 0. The fourth-order valence-corrected chi connectivity index (χ4v) is 3.40. The number of carboxylic acids is 1. The molecular formula is C14H25NO11. The summed E-state index contributed by atoms with van der Waals surface area (Å²) >= 11 is 0. The third-order valence-electron chi connectivity index (χ3n) is 4.79. The maximum absolute atomic E-state index is 11.0. The van der Waals surface area contributed by atoms with E-state index in [1.807, 2.05) is 0 Å². The van der Waals surface area contributed by atoms with E-state index in [0.717, 1.165) is 4.90 Å². The number of aliphatic hydroxyl groups is 7. The highest BCUT2D eigenvalue weighted by Gasteiger charge is 2.52. The topological polar surface area (TPSA) is 201 Å². The fraction of sp³-hybridized carbons (Fsp3) is 0.929. The molecule has 0 saturated carbocycles. The van der Waals surface area contributed by atoms with Gasteiger partial charge in [0.2, 0.25) is 0 Å². The second kappa shape index (κ2) is 8.84. The third kappa shape index (κ3) is 3.99. The van der Waals surface area contributed by atoms with Crippen molar-refractivity contribution in [3.05, 3.63) is 0 Å². The van der Waals surface area contributed by atoms with Gasteiger partial charge in [0, 0.05) is 0 Å². The van der Waals surface area contributed by atoms with Crippen LogP contribution in [-0.4, -0.2) is 133 Å². The van der Waals surface area contributed by atoms with Gasteiger partial charge in [-0.3, -0.25) is 9.69 Å². The summed E-state index contributed by atoms with van der Waals surface area (Å²) in [4.78, 5) is 12.2. The number of ether oxygens (including phenoxy) is 2. The van der Waals surface area contributed by atoms with Crippen LogP contribution in [-0.2, 0) is 14.3 Å². The number of nitrogens with zero attached hydrogens (tertiary/aromatic N) is 1. The minimum atomic E-state index is -1.72. The molecule has 9 atom stereocenters. The average Bonchev–Trinajstić information content (AvgIpc) is 2.85. The van der Waals surface area contributed by atoms with E-state index in [2.05, 4.69) is 0 Å². The van der Waals surface area contributed by atoms with Crippen molar-refractivity contribution in [3.8, 4) is 0 Å². The van der Waals surface area contributed by atoms with Crippen molar-refractivity contribution in [1.29, 1.82) is 0 Å². The van der Waals surface area contributed by atoms with Crippen molar-refractivity contribution in [2.24, 2.45) is 0 Å². The molecule has 2 saturated heterocycles. The molecule has 0 aromatic rings. The van der Waals surface area contributed by atoms with Gasteiger partial charge in [-0.1, -0.05) is 0 Å². The number of aliphatic hydroxyl groups excluding tert-OH is 7. The molecule has 0 aromatic carbocycles. The first kappa shape index (κ1) is 21.4. The van der Waals surface area contributed by atoms with Gasteiger partial charge in [0.15, 0.2) is 6.29 Å². The standard InChI is InChI=1S/C14H25NO11/c16-2-5-9(21)13(6(3-17)15(5)1-8(19)20)26-14-12(24)11(23)10(22)7(4-18)25-14/h5-7,9-14,16-18,21-24H,1-4H2,(H,19,20). The van der Waals surface area contributed by atoms with E-state index in [4.69, 9.17) is 14.6 Å². The summed E-state index contributed by atoms with van der Waals surface area (Å²) in [6.07, 6.45) is -10.5. The highest BCUT2D eigenvalue weighted by atomic mass is 16.7. The molecule has 2 aliphatic heterocycles. The van der Waals surface area contributed by atoms with Crippen LogP contribution < -0.4 is 0 Å². The van der Waals surface area contributed by atoms with Gasteiger partial charge >= 0.3 is 5.97 Å². The molecule has 2 fully saturated rings. The summed E-state index contributed by atoms with van der Waals surface area (Å²) in [7, 11) is 0. The van der Waals surface area contributed by atoms with E-state index in [-0.39, 0.29) is 0 Å². The van der Waals surface area contributed by atoms with Gasteiger partial charge in [0.1, 0.15) is 30.5 Å². The van der Waals surface area contributed by atoms with Crippen LogP contribution in [0.3, 0.4) is 0 Å². The molecule has 0 radical (unpaired) electrons. The van der Waals surface area contributed by atoms with Crippen LogP contribution in [0.2, 0.25) is 0 Å². The number of hydrogen-bond acceptors (Lipinski definition) is 11. The van der Waals surface area contributed by atoms with Crippen LogP contribution in [0.25, 0.3) is 0 Å². The molecule has 0 aliphatic carbocycles. The van der Waals surface area contributed by atoms with Crippen molar-refractivity contribution >= 4 is 5.97 Å². The summed E-state index contributed by atoms with van der Waals surface area (Å²) in [5, 5.41) is 77.1. The maximum Gasteiger partial charge on any atom is 0.317 e. The van der Waals surface area contributed by atoms with Crippen molar-refractivity contribution < 1.29 is 55.1 Å². The van der Waals surface area contributed by atoms with Crippen LogP contribution in [0.1, 0.15) is 0 Å². The smallest absolute Gasteiger partial charge is 0.317 e. The molecule has 12 nitrogen and oxygen atoms in total. The Morgan fingerprint density at radius 1 is 0.885 bits per heavy atom. The lowest BCUT2D eigenvalue weighted by Crippen LogP contribution is -2.60. The van der Waals surface area contributed by atoms with E-state index in [1.54, 1.807) is 0 Å². The van der Waals surface area contributed by atoms with Crippen LogP contribution in [0.4, 0.5) is 0 Å². The Labute approximate surface area is 148 Å². The number of rotatable bonds is 7. The Morgan fingerprint density at radius 3 is 2.00 bits per heavy atom. The lowest BCUT2D eigenvalue weighted by molar-refractivity contribution is -0.317. The molecule has 12 heteroatoms. The summed E-state index contributed by atoms with van der Waals surface area (Å²) < 4.78 is 10.7. The molecule has 0 amide bonds. The van der Waals surface area contributed by atoms with Gasteiger partial charge in [-0.25, -0.2) is 0 Å². The Balaban J connectivity index is 2.19. The predicted octanol–water partition coefficient (Wildman–Crippen LogP) is -5.35. The van der Waals surface area contributed by atoms with Crippen LogP contribution in [0.5, 0.6) is 0 Å². The molecule has 0 bridgehead atoms. The van der Waals surface area contributed by atoms with Gasteiger partial charge in [-0.2, -0.15) is 0 Å². The maximum atomic E-state index is 11.0. The second-order valence-electron chi connectivity index (χ2n) is 6.35. The molecule has 2 aliphatic rings. The Morgan fingerprint density at radius 2 is 1.50 bits per heavy atom. The van der Waals surface area contributed by atoms with Crippen LogP contribution in [0.15, 0.2) is 0 Å². The first-order chi connectivity index (χ1) is 12.3. The van der Waals surface area contributed by atoms with E-state index >= 15 is 0 Å². The van der Waals surface area contributed by atoms with Gasteiger partial charge in [0.25, 0.3) is 0 Å². The summed E-state index contributed by atoms with van der Waals surface area (Å²) in [6, 6.07) is -2.08. The zero-order valence-electron chi connectivity index (χ0n) is 13.8. The van der Waals surface area contributed by atoms with E-state index in [0.29, 0.717) is 0 Å². The summed E-state index contributed by atoms with van der Waals surface area (Å²) in [6.45, 7) is -2.49. The van der Waals surface area contributed by atoms with Crippen LogP contribution >= 0.6 is 0 Å². The minimum absolute atomic E-state index is 0.581. The first-order valence-electron chi connectivity index (χ1n) is 8.10. The van der Waals surface area contributed by atoms with Gasteiger partial charge in [-0.05, 0) is 0 Å². The molecule has 2 heterocycles. The molecule has 8 N–H and O–H groups in total. The van der Waals surface area contributed by atoms with Gasteiger partial charge < -0.3 is 50.3 Å². The van der Waals surface area contributed by atoms with Crippen molar-refractivity contribution in [2.75, 3.05) is 26.4 Å². The minimum Gasteiger partial charge on any atom is -0.480 e. The highest BCUT2D eigenvalue weighted by molar-refractivity contribution is 5.69. The number of carboxylic acid groups (broad SMARTS) is 1. The molecule has 9 unspecified atom stereocenters. The summed E-state index contributed by atoms with van der Waals surface area (Å²) in [5.74, 6) is -1.25. The molecule has 0 spiro atoms. The first-order valence-corrected chi connectivity index (χ1v) is 8.10. The average molecular weight is 383 g/mol. The highest BCUT2D eigenvalue weighted by Crippen LogP contribution is 2.31. The monoisotopic (exact) mass is 383 g/mol. The van der Waals surface area contributed by atoms with E-state index in [9.17, 15) is 40.5 Å². The SMILES string of the molecule is O=C(O)CN1C(CO)C(O)C(OC2OC(CO)C(O)C(O)C2O)C1CO. The molecule has 0 aromatic heterocycles. The predicted molar refractivity (Wildman–Crippen MR) is 80.7 cm³/mol. The molecule has 152 valence electrons. The lowest BCUT2D eigenvalue weighted by Gasteiger charge is -2.41. The number of aliphatic carboxylic acids is 1. The Kier molecular flexibility index (Phi) is 7.27. The second-order valence-corrected chi connectivity index (χ2v) is 6.35. The van der Waals surface area contributed by atoms with Crippen LogP contribution in [0, 0.1) is 0 Å². The molecular weight excluding hydrogens is 358 g/mol. The lowest BCUT2D eigenvalue weighted by atomic mass is 9.99. The van der Waals surface area contributed by atoms with Crippen molar-refractivity contribution in [1.82, 2.24) is 4.90 Å². The zero-order valence-corrected chi connectivity index (χ0v) is 13.8. The molecule has 2 rings (SSSR count).